The van der Waals surface area contributed by atoms with Gasteiger partial charge in [0.2, 0.25) is 5.91 Å². The van der Waals surface area contributed by atoms with Crippen LogP contribution in [0, 0.1) is 11.3 Å². The standard InChI is InChI=1S/C14H25N3O2/c1-10(14(2,3)4)9-16-13(19)17-7-5-11(6-8-17)12(15)18/h9,11H,5-8H2,1-4H3,(H2,15,18)(H,16,19)/b10-9+. The number of carbonyl (C=O) groups is 2. The van der Waals surface area contributed by atoms with Crippen molar-refractivity contribution in [1.29, 1.82) is 0 Å². The van der Waals surface area contributed by atoms with Crippen molar-refractivity contribution >= 4 is 11.9 Å². The van der Waals surface area contributed by atoms with Gasteiger partial charge < -0.3 is 16.0 Å². The molecular weight excluding hydrogens is 242 g/mol. The van der Waals surface area contributed by atoms with Crippen molar-refractivity contribution in [2.75, 3.05) is 13.1 Å². The molecule has 1 heterocycles. The van der Waals surface area contributed by atoms with Crippen molar-refractivity contribution in [3.63, 3.8) is 0 Å². The molecule has 1 saturated heterocycles. The zero-order valence-electron chi connectivity index (χ0n) is 12.3. The Bertz CT molecular complexity index is 375. The van der Waals surface area contributed by atoms with Gasteiger partial charge in [-0.2, -0.15) is 0 Å². The number of piperidine rings is 1. The van der Waals surface area contributed by atoms with E-state index < -0.39 is 0 Å². The lowest BCUT2D eigenvalue weighted by atomic mass is 9.88. The summed E-state index contributed by atoms with van der Waals surface area (Å²) in [5.41, 5.74) is 6.43. The van der Waals surface area contributed by atoms with Crippen LogP contribution < -0.4 is 11.1 Å². The molecule has 0 aromatic rings. The van der Waals surface area contributed by atoms with Gasteiger partial charge in [-0.3, -0.25) is 4.79 Å². The average Bonchev–Trinajstić information content (AvgIpc) is 2.34. The van der Waals surface area contributed by atoms with E-state index in [0.29, 0.717) is 25.9 Å². The second-order valence-corrected chi connectivity index (χ2v) is 6.19. The van der Waals surface area contributed by atoms with Crippen molar-refractivity contribution in [3.8, 4) is 0 Å². The maximum atomic E-state index is 12.0. The van der Waals surface area contributed by atoms with Gasteiger partial charge in [0.05, 0.1) is 0 Å². The Morgan fingerprint density at radius 2 is 1.79 bits per heavy atom. The number of nitrogens with one attached hydrogen (secondary N) is 1. The molecule has 1 aliphatic rings. The van der Waals surface area contributed by atoms with Crippen LogP contribution in [0.3, 0.4) is 0 Å². The molecule has 3 N–H and O–H groups in total. The Kier molecular flexibility index (Phi) is 4.97. The minimum absolute atomic E-state index is 0.0479. The van der Waals surface area contributed by atoms with E-state index in [1.165, 1.54) is 0 Å². The molecule has 1 aliphatic heterocycles. The molecule has 0 radical (unpaired) electrons. The van der Waals surface area contributed by atoms with Gasteiger partial charge in [0.15, 0.2) is 0 Å². The number of allylic oxidation sites excluding steroid dienone is 1. The Morgan fingerprint density at radius 1 is 1.26 bits per heavy atom. The summed E-state index contributed by atoms with van der Waals surface area (Å²) >= 11 is 0. The van der Waals surface area contributed by atoms with Crippen LogP contribution in [0.15, 0.2) is 11.8 Å². The number of likely N-dealkylation sites (tertiary alicyclic amines) is 1. The number of rotatable bonds is 2. The lowest BCUT2D eigenvalue weighted by Gasteiger charge is -2.30. The van der Waals surface area contributed by atoms with Crippen molar-refractivity contribution < 1.29 is 9.59 Å². The van der Waals surface area contributed by atoms with Crippen LogP contribution in [0.2, 0.25) is 0 Å². The summed E-state index contributed by atoms with van der Waals surface area (Å²) in [7, 11) is 0. The SMILES string of the molecule is C/C(=C\NC(=O)N1CCC(C(N)=O)CC1)C(C)(C)C. The fourth-order valence-electron chi connectivity index (χ4n) is 1.84. The molecule has 5 nitrogen and oxygen atoms in total. The zero-order valence-corrected chi connectivity index (χ0v) is 12.3. The van der Waals surface area contributed by atoms with E-state index >= 15 is 0 Å². The Hall–Kier alpha value is -1.52. The van der Waals surface area contributed by atoms with Gasteiger partial charge in [-0.25, -0.2) is 4.79 Å². The second-order valence-electron chi connectivity index (χ2n) is 6.19. The van der Waals surface area contributed by atoms with Crippen LogP contribution in [0.4, 0.5) is 4.79 Å². The molecule has 3 amide bonds. The number of nitrogens with zero attached hydrogens (tertiary/aromatic N) is 1. The Labute approximate surface area is 115 Å². The number of hydrogen-bond donors (Lipinski definition) is 2. The van der Waals surface area contributed by atoms with Crippen LogP contribution >= 0.6 is 0 Å². The van der Waals surface area contributed by atoms with Crippen molar-refractivity contribution in [1.82, 2.24) is 10.2 Å². The van der Waals surface area contributed by atoms with Crippen LogP contribution in [-0.2, 0) is 4.79 Å². The summed E-state index contributed by atoms with van der Waals surface area (Å²) in [6.45, 7) is 9.47. The number of nitrogens with two attached hydrogens (primary N) is 1. The van der Waals surface area contributed by atoms with Crippen molar-refractivity contribution in [2.24, 2.45) is 17.1 Å². The first kappa shape index (κ1) is 15.5. The summed E-state index contributed by atoms with van der Waals surface area (Å²) in [6.07, 6.45) is 3.08. The predicted molar refractivity (Wildman–Crippen MR) is 75.2 cm³/mol. The molecule has 0 saturated carbocycles. The van der Waals surface area contributed by atoms with Gasteiger partial charge >= 0.3 is 6.03 Å². The number of primary amides is 1. The molecule has 1 rings (SSSR count). The summed E-state index contributed by atoms with van der Waals surface area (Å²) in [4.78, 5) is 24.7. The molecule has 5 heteroatoms. The lowest BCUT2D eigenvalue weighted by molar-refractivity contribution is -0.122. The highest BCUT2D eigenvalue weighted by Gasteiger charge is 2.25. The minimum Gasteiger partial charge on any atom is -0.369 e. The van der Waals surface area contributed by atoms with E-state index in [4.69, 9.17) is 5.73 Å². The molecule has 0 bridgehead atoms. The third-order valence-corrected chi connectivity index (χ3v) is 3.78. The van der Waals surface area contributed by atoms with Gasteiger partial charge in [-0.1, -0.05) is 26.3 Å². The smallest absolute Gasteiger partial charge is 0.321 e. The van der Waals surface area contributed by atoms with Crippen LogP contribution in [-0.4, -0.2) is 29.9 Å². The summed E-state index contributed by atoms with van der Waals surface area (Å²) in [6, 6.07) is -0.105. The van der Waals surface area contributed by atoms with E-state index in [9.17, 15) is 9.59 Å². The number of amides is 3. The summed E-state index contributed by atoms with van der Waals surface area (Å²) < 4.78 is 0. The number of carbonyl (C=O) groups excluding carboxylic acids is 2. The van der Waals surface area contributed by atoms with Gasteiger partial charge in [0.25, 0.3) is 0 Å². The molecule has 0 atom stereocenters. The van der Waals surface area contributed by atoms with E-state index in [2.05, 4.69) is 26.1 Å². The molecular formula is C14H25N3O2. The third kappa shape index (κ3) is 4.58. The largest absolute Gasteiger partial charge is 0.369 e. The highest BCUT2D eigenvalue weighted by atomic mass is 16.2. The van der Waals surface area contributed by atoms with Crippen LogP contribution in [0.25, 0.3) is 0 Å². The van der Waals surface area contributed by atoms with Crippen molar-refractivity contribution in [2.45, 2.75) is 40.5 Å². The zero-order chi connectivity index (χ0) is 14.6. The first-order chi connectivity index (χ1) is 8.71. The normalized spacial score (nSPS) is 18.3. The predicted octanol–water partition coefficient (Wildman–Crippen LogP) is 1.84. The third-order valence-electron chi connectivity index (χ3n) is 3.78. The monoisotopic (exact) mass is 267 g/mol. The van der Waals surface area contributed by atoms with Crippen molar-refractivity contribution in [3.05, 3.63) is 11.8 Å². The molecule has 19 heavy (non-hydrogen) atoms. The van der Waals surface area contributed by atoms with Gasteiger partial charge in [0.1, 0.15) is 0 Å². The Balaban J connectivity index is 2.46. The van der Waals surface area contributed by atoms with Gasteiger partial charge in [0, 0.05) is 25.2 Å². The fraction of sp³-hybridized carbons (Fsp3) is 0.714. The first-order valence-electron chi connectivity index (χ1n) is 6.74. The molecule has 0 aromatic heterocycles. The van der Waals surface area contributed by atoms with E-state index in [1.807, 2.05) is 6.92 Å². The quantitative estimate of drug-likeness (QED) is 0.801. The minimum atomic E-state index is -0.261. The number of hydrogen-bond acceptors (Lipinski definition) is 2. The summed E-state index contributed by atoms with van der Waals surface area (Å²) in [5, 5.41) is 2.81. The average molecular weight is 267 g/mol. The molecule has 0 aromatic carbocycles. The summed E-state index contributed by atoms with van der Waals surface area (Å²) in [5.74, 6) is -0.348. The maximum absolute atomic E-state index is 12.0. The highest BCUT2D eigenvalue weighted by Crippen LogP contribution is 2.23. The molecule has 0 unspecified atom stereocenters. The van der Waals surface area contributed by atoms with Gasteiger partial charge in [-0.15, -0.1) is 0 Å². The van der Waals surface area contributed by atoms with Crippen LogP contribution in [0.5, 0.6) is 0 Å². The molecule has 0 spiro atoms. The Morgan fingerprint density at radius 3 is 2.21 bits per heavy atom. The topological polar surface area (TPSA) is 75.4 Å². The molecule has 0 aliphatic carbocycles. The van der Waals surface area contributed by atoms with E-state index in [-0.39, 0.29) is 23.3 Å². The van der Waals surface area contributed by atoms with Crippen LogP contribution in [0.1, 0.15) is 40.5 Å². The van der Waals surface area contributed by atoms with E-state index in [1.54, 1.807) is 11.1 Å². The number of urea groups is 1. The van der Waals surface area contributed by atoms with Gasteiger partial charge in [-0.05, 0) is 25.2 Å². The fourth-order valence-corrected chi connectivity index (χ4v) is 1.84. The second kappa shape index (κ2) is 6.08. The highest BCUT2D eigenvalue weighted by molar-refractivity contribution is 5.78. The maximum Gasteiger partial charge on any atom is 0.321 e. The molecule has 108 valence electrons. The first-order valence-corrected chi connectivity index (χ1v) is 6.74. The van der Waals surface area contributed by atoms with E-state index in [0.717, 1.165) is 5.57 Å². The molecule has 1 fully saturated rings. The lowest BCUT2D eigenvalue weighted by Crippen LogP contribution is -2.45.